The van der Waals surface area contributed by atoms with E-state index in [0.29, 0.717) is 5.69 Å². The third-order valence-electron chi connectivity index (χ3n) is 2.11. The van der Waals surface area contributed by atoms with Crippen LogP contribution in [0, 0.1) is 11.6 Å². The first-order chi connectivity index (χ1) is 7.41. The smallest absolute Gasteiger partial charge is 0.244 e. The summed E-state index contributed by atoms with van der Waals surface area (Å²) in [5.74, 6) is -1.98. The number of rotatable bonds is 3. The second-order valence-corrected chi connectivity index (χ2v) is 3.73. The molecule has 0 saturated carbocycles. The number of benzene rings is 1. The second-order valence-electron chi connectivity index (χ2n) is 3.73. The quantitative estimate of drug-likeness (QED) is 0.856. The SMILES string of the molecule is CC(Nc1ccc(F)c(F)c1)C(=O)N(C)C. The average Bonchev–Trinajstić information content (AvgIpc) is 2.22. The molecule has 88 valence electrons. The van der Waals surface area contributed by atoms with Crippen LogP contribution in [0.1, 0.15) is 6.92 Å². The fourth-order valence-electron chi connectivity index (χ4n) is 1.28. The highest BCUT2D eigenvalue weighted by Crippen LogP contribution is 2.14. The van der Waals surface area contributed by atoms with Gasteiger partial charge in [-0.2, -0.15) is 0 Å². The Kier molecular flexibility index (Phi) is 3.82. The molecule has 0 spiro atoms. The van der Waals surface area contributed by atoms with E-state index in [1.807, 2.05) is 0 Å². The summed E-state index contributed by atoms with van der Waals surface area (Å²) in [6, 6.07) is 2.94. The number of hydrogen-bond acceptors (Lipinski definition) is 2. The third-order valence-corrected chi connectivity index (χ3v) is 2.11. The molecular weight excluding hydrogens is 214 g/mol. The van der Waals surface area contributed by atoms with Gasteiger partial charge in [0.15, 0.2) is 11.6 Å². The summed E-state index contributed by atoms with van der Waals surface area (Å²) >= 11 is 0. The van der Waals surface area contributed by atoms with Crippen LogP contribution >= 0.6 is 0 Å². The molecule has 16 heavy (non-hydrogen) atoms. The van der Waals surface area contributed by atoms with Gasteiger partial charge in [0.2, 0.25) is 5.91 Å². The monoisotopic (exact) mass is 228 g/mol. The molecule has 0 saturated heterocycles. The minimum absolute atomic E-state index is 0.135. The Hall–Kier alpha value is -1.65. The topological polar surface area (TPSA) is 32.3 Å². The van der Waals surface area contributed by atoms with Gasteiger partial charge in [0.1, 0.15) is 6.04 Å². The number of carbonyl (C=O) groups excluding carboxylic acids is 1. The maximum absolute atomic E-state index is 12.9. The van der Waals surface area contributed by atoms with Crippen LogP contribution < -0.4 is 5.32 Å². The zero-order valence-corrected chi connectivity index (χ0v) is 9.42. The Morgan fingerprint density at radius 1 is 1.31 bits per heavy atom. The van der Waals surface area contributed by atoms with E-state index in [0.717, 1.165) is 12.1 Å². The van der Waals surface area contributed by atoms with Crippen LogP contribution in [0.25, 0.3) is 0 Å². The van der Waals surface area contributed by atoms with Crippen molar-refractivity contribution in [2.45, 2.75) is 13.0 Å². The largest absolute Gasteiger partial charge is 0.374 e. The van der Waals surface area contributed by atoms with Crippen LogP contribution in [0.5, 0.6) is 0 Å². The zero-order valence-electron chi connectivity index (χ0n) is 9.42. The predicted octanol–water partition coefficient (Wildman–Crippen LogP) is 1.85. The number of carbonyl (C=O) groups is 1. The van der Waals surface area contributed by atoms with Gasteiger partial charge in [0, 0.05) is 25.8 Å². The summed E-state index contributed by atoms with van der Waals surface area (Å²) < 4.78 is 25.5. The van der Waals surface area contributed by atoms with Crippen molar-refractivity contribution in [3.8, 4) is 0 Å². The molecule has 1 aromatic rings. The molecule has 1 N–H and O–H groups in total. The number of nitrogens with zero attached hydrogens (tertiary/aromatic N) is 1. The van der Waals surface area contributed by atoms with Gasteiger partial charge in [-0.15, -0.1) is 0 Å². The van der Waals surface area contributed by atoms with Crippen molar-refractivity contribution in [3.63, 3.8) is 0 Å². The van der Waals surface area contributed by atoms with Crippen molar-refractivity contribution in [1.29, 1.82) is 0 Å². The van der Waals surface area contributed by atoms with Crippen molar-refractivity contribution in [2.75, 3.05) is 19.4 Å². The number of halogens is 2. The molecule has 5 heteroatoms. The molecule has 0 aliphatic carbocycles. The lowest BCUT2D eigenvalue weighted by Crippen LogP contribution is -2.36. The van der Waals surface area contributed by atoms with E-state index < -0.39 is 17.7 Å². The van der Waals surface area contributed by atoms with Crippen LogP contribution in [-0.2, 0) is 4.79 Å². The van der Waals surface area contributed by atoms with Gasteiger partial charge in [0.25, 0.3) is 0 Å². The fourth-order valence-corrected chi connectivity index (χ4v) is 1.28. The summed E-state index contributed by atoms with van der Waals surface area (Å²) in [7, 11) is 3.26. The first-order valence-electron chi connectivity index (χ1n) is 4.84. The van der Waals surface area contributed by atoms with Crippen molar-refractivity contribution < 1.29 is 13.6 Å². The molecule has 1 atom stereocenters. The average molecular weight is 228 g/mol. The summed E-state index contributed by atoms with van der Waals surface area (Å²) in [6.07, 6.45) is 0. The van der Waals surface area contributed by atoms with E-state index in [1.165, 1.54) is 11.0 Å². The van der Waals surface area contributed by atoms with Gasteiger partial charge in [-0.05, 0) is 19.1 Å². The summed E-state index contributed by atoms with van der Waals surface area (Å²) in [5, 5.41) is 2.79. The molecule has 0 aliphatic rings. The van der Waals surface area contributed by atoms with Gasteiger partial charge < -0.3 is 10.2 Å². The van der Waals surface area contributed by atoms with E-state index in [9.17, 15) is 13.6 Å². The van der Waals surface area contributed by atoms with E-state index in [-0.39, 0.29) is 5.91 Å². The first-order valence-corrected chi connectivity index (χ1v) is 4.84. The highest BCUT2D eigenvalue weighted by atomic mass is 19.2. The summed E-state index contributed by atoms with van der Waals surface area (Å²) in [6.45, 7) is 1.66. The number of hydrogen-bond donors (Lipinski definition) is 1. The summed E-state index contributed by atoms with van der Waals surface area (Å²) in [5.41, 5.74) is 0.376. The van der Waals surface area contributed by atoms with Crippen LogP contribution in [0.15, 0.2) is 18.2 Å². The molecule has 1 rings (SSSR count). The van der Waals surface area contributed by atoms with E-state index in [1.54, 1.807) is 21.0 Å². The Bertz CT molecular complexity index is 394. The minimum Gasteiger partial charge on any atom is -0.374 e. The van der Waals surface area contributed by atoms with Crippen molar-refractivity contribution in [3.05, 3.63) is 29.8 Å². The Labute approximate surface area is 93.1 Å². The zero-order chi connectivity index (χ0) is 12.3. The molecule has 0 aliphatic heterocycles. The predicted molar refractivity (Wildman–Crippen MR) is 58.1 cm³/mol. The molecule has 1 aromatic carbocycles. The van der Waals surface area contributed by atoms with Crippen LogP contribution in [0.3, 0.4) is 0 Å². The molecule has 0 fully saturated rings. The Balaban J connectivity index is 2.73. The number of likely N-dealkylation sites (N-methyl/N-ethyl adjacent to an activating group) is 1. The lowest BCUT2D eigenvalue weighted by Gasteiger charge is -2.18. The molecule has 1 unspecified atom stereocenters. The van der Waals surface area contributed by atoms with Crippen molar-refractivity contribution >= 4 is 11.6 Å². The lowest BCUT2D eigenvalue weighted by atomic mass is 10.2. The number of nitrogens with one attached hydrogen (secondary N) is 1. The van der Waals surface area contributed by atoms with Crippen molar-refractivity contribution in [2.24, 2.45) is 0 Å². The Morgan fingerprint density at radius 3 is 2.44 bits per heavy atom. The van der Waals surface area contributed by atoms with Crippen LogP contribution in [0.4, 0.5) is 14.5 Å². The van der Waals surface area contributed by atoms with Gasteiger partial charge in [0.05, 0.1) is 0 Å². The Morgan fingerprint density at radius 2 is 1.94 bits per heavy atom. The molecular formula is C11H14F2N2O. The molecule has 0 radical (unpaired) electrons. The second kappa shape index (κ2) is 4.92. The highest BCUT2D eigenvalue weighted by Gasteiger charge is 2.14. The van der Waals surface area contributed by atoms with Crippen molar-refractivity contribution in [1.82, 2.24) is 4.90 Å². The maximum atomic E-state index is 12.9. The molecule has 1 amide bonds. The molecule has 3 nitrogen and oxygen atoms in total. The molecule has 0 bridgehead atoms. The van der Waals surface area contributed by atoms with Gasteiger partial charge in [-0.25, -0.2) is 8.78 Å². The first kappa shape index (κ1) is 12.4. The summed E-state index contributed by atoms with van der Waals surface area (Å²) in [4.78, 5) is 12.9. The van der Waals surface area contributed by atoms with Gasteiger partial charge in [-0.1, -0.05) is 0 Å². The lowest BCUT2D eigenvalue weighted by molar-refractivity contribution is -0.129. The third kappa shape index (κ3) is 2.92. The standard InChI is InChI=1S/C11H14F2N2O/c1-7(11(16)15(2)3)14-8-4-5-9(12)10(13)6-8/h4-7,14H,1-3H3. The van der Waals surface area contributed by atoms with Gasteiger partial charge >= 0.3 is 0 Å². The van der Waals surface area contributed by atoms with E-state index in [2.05, 4.69) is 5.32 Å². The van der Waals surface area contributed by atoms with Gasteiger partial charge in [-0.3, -0.25) is 4.79 Å². The molecule has 0 heterocycles. The van der Waals surface area contributed by atoms with Crippen LogP contribution in [-0.4, -0.2) is 30.9 Å². The maximum Gasteiger partial charge on any atom is 0.244 e. The number of amides is 1. The fraction of sp³-hybridized carbons (Fsp3) is 0.364. The molecule has 0 aromatic heterocycles. The normalized spacial score (nSPS) is 12.1. The number of anilines is 1. The highest BCUT2D eigenvalue weighted by molar-refractivity contribution is 5.83. The van der Waals surface area contributed by atoms with Crippen LogP contribution in [0.2, 0.25) is 0 Å². The van der Waals surface area contributed by atoms with E-state index >= 15 is 0 Å². The van der Waals surface area contributed by atoms with E-state index in [4.69, 9.17) is 0 Å². The minimum atomic E-state index is -0.936.